The maximum Gasteiger partial charge on any atom is 0.336 e. The average molecular weight is 404 g/mol. The number of benzene rings is 1. The van der Waals surface area contributed by atoms with Crippen molar-refractivity contribution in [2.45, 2.75) is 39.2 Å². The Morgan fingerprint density at radius 1 is 1.10 bits per heavy atom. The molecule has 0 radical (unpaired) electrons. The molecule has 6 heteroatoms. The van der Waals surface area contributed by atoms with E-state index in [9.17, 15) is 14.9 Å². The van der Waals surface area contributed by atoms with Gasteiger partial charge in [0.05, 0.1) is 4.92 Å². The number of hydrogen-bond acceptors (Lipinski definition) is 5. The maximum absolute atomic E-state index is 11.8. The highest BCUT2D eigenvalue weighted by atomic mass is 16.6. The van der Waals surface area contributed by atoms with Crippen molar-refractivity contribution in [1.82, 2.24) is 4.90 Å². The van der Waals surface area contributed by atoms with Crippen LogP contribution in [-0.4, -0.2) is 22.9 Å². The van der Waals surface area contributed by atoms with Crippen LogP contribution < -0.4 is 5.63 Å². The van der Waals surface area contributed by atoms with Crippen molar-refractivity contribution in [3.8, 4) is 11.8 Å². The molecule has 1 unspecified atom stereocenters. The van der Waals surface area contributed by atoms with Gasteiger partial charge in [-0.2, -0.15) is 0 Å². The number of likely N-dealkylation sites (tertiary alicyclic amines) is 1. The lowest BCUT2D eigenvalue weighted by Gasteiger charge is -2.15. The highest BCUT2D eigenvalue weighted by Crippen LogP contribution is 2.32. The Morgan fingerprint density at radius 3 is 2.50 bits per heavy atom. The minimum absolute atomic E-state index is 0.0840. The van der Waals surface area contributed by atoms with Gasteiger partial charge in [-0.15, -0.1) is 0 Å². The summed E-state index contributed by atoms with van der Waals surface area (Å²) in [5, 5.41) is 11.8. The third-order valence-corrected chi connectivity index (χ3v) is 5.77. The predicted molar refractivity (Wildman–Crippen MR) is 114 cm³/mol. The predicted octanol–water partition coefficient (Wildman–Crippen LogP) is 3.86. The molecule has 1 aromatic heterocycles. The van der Waals surface area contributed by atoms with Crippen LogP contribution in [-0.2, 0) is 13.0 Å². The van der Waals surface area contributed by atoms with E-state index in [0.717, 1.165) is 25.2 Å². The molecule has 4 rings (SSSR count). The van der Waals surface area contributed by atoms with Crippen molar-refractivity contribution in [2.24, 2.45) is 5.92 Å². The fraction of sp³-hybridized carbons (Fsp3) is 0.375. The van der Waals surface area contributed by atoms with Crippen LogP contribution >= 0.6 is 0 Å². The number of hydrogen-bond donors (Lipinski definition) is 0. The monoisotopic (exact) mass is 404 g/mol. The zero-order chi connectivity index (χ0) is 21.1. The van der Waals surface area contributed by atoms with Gasteiger partial charge in [-0.1, -0.05) is 30.2 Å². The number of nitrogens with zero attached hydrogens (tertiary/aromatic N) is 2. The van der Waals surface area contributed by atoms with Crippen LogP contribution in [0.25, 0.3) is 5.57 Å². The Hall–Kier alpha value is -3.17. The van der Waals surface area contributed by atoms with Gasteiger partial charge in [-0.05, 0) is 68.8 Å². The molecule has 1 fully saturated rings. The second-order valence-electron chi connectivity index (χ2n) is 7.91. The Labute approximate surface area is 175 Å². The molecule has 0 N–H and O–H groups in total. The number of rotatable bonds is 6. The first-order chi connectivity index (χ1) is 14.5. The summed E-state index contributed by atoms with van der Waals surface area (Å²) >= 11 is 0. The summed E-state index contributed by atoms with van der Waals surface area (Å²) in [6.07, 6.45) is 3.67. The Balaban J connectivity index is 1.57. The van der Waals surface area contributed by atoms with Crippen molar-refractivity contribution in [3.63, 3.8) is 0 Å². The largest absolute Gasteiger partial charge is 0.413 e. The molecule has 1 aliphatic heterocycles. The minimum atomic E-state index is -0.546. The van der Waals surface area contributed by atoms with Crippen LogP contribution in [0.1, 0.15) is 48.6 Å². The molecule has 1 atom stereocenters. The normalized spacial score (nSPS) is 18.5. The minimum Gasteiger partial charge on any atom is -0.413 e. The van der Waals surface area contributed by atoms with Crippen molar-refractivity contribution in [3.05, 3.63) is 85.1 Å². The van der Waals surface area contributed by atoms with Gasteiger partial charge in [0, 0.05) is 23.7 Å². The highest BCUT2D eigenvalue weighted by Gasteiger charge is 2.29. The van der Waals surface area contributed by atoms with E-state index >= 15 is 0 Å². The lowest BCUT2D eigenvalue weighted by Crippen LogP contribution is -2.18. The summed E-state index contributed by atoms with van der Waals surface area (Å²) in [5.41, 5.74) is 3.10. The fourth-order valence-electron chi connectivity index (χ4n) is 4.20. The van der Waals surface area contributed by atoms with E-state index in [-0.39, 0.29) is 16.4 Å². The molecule has 0 spiro atoms. The molecule has 0 saturated carbocycles. The molecule has 6 nitrogen and oxygen atoms in total. The fourth-order valence-corrected chi connectivity index (χ4v) is 4.20. The van der Waals surface area contributed by atoms with Crippen LogP contribution in [0.3, 0.4) is 0 Å². The van der Waals surface area contributed by atoms with Crippen LogP contribution in [0.15, 0.2) is 51.3 Å². The number of aryl methyl sites for hydroxylation is 1. The van der Waals surface area contributed by atoms with Crippen molar-refractivity contribution >= 4 is 5.57 Å². The van der Waals surface area contributed by atoms with Gasteiger partial charge in [0.15, 0.2) is 5.76 Å². The highest BCUT2D eigenvalue weighted by molar-refractivity contribution is 5.73. The molecule has 2 heterocycles. The number of fused-ring (bicyclic) bond motifs is 1. The van der Waals surface area contributed by atoms with Crippen molar-refractivity contribution < 1.29 is 9.34 Å². The molecule has 0 bridgehead atoms. The average Bonchev–Trinajstić information content (AvgIpc) is 3.18. The molecule has 1 saturated heterocycles. The van der Waals surface area contributed by atoms with Gasteiger partial charge in [0.1, 0.15) is 5.92 Å². The Morgan fingerprint density at radius 2 is 1.80 bits per heavy atom. The summed E-state index contributed by atoms with van der Waals surface area (Å²) in [4.78, 5) is 25.5. The first-order valence-corrected chi connectivity index (χ1v) is 10.3. The smallest absolute Gasteiger partial charge is 0.336 e. The molecular weight excluding hydrogens is 380 g/mol. The van der Waals surface area contributed by atoms with E-state index in [1.807, 2.05) is 0 Å². The van der Waals surface area contributed by atoms with Gasteiger partial charge in [0.25, 0.3) is 5.70 Å². The van der Waals surface area contributed by atoms with Crippen LogP contribution in [0.4, 0.5) is 0 Å². The second-order valence-corrected chi connectivity index (χ2v) is 7.91. The Bertz CT molecular complexity index is 1100. The summed E-state index contributed by atoms with van der Waals surface area (Å²) in [6.45, 7) is 5.01. The molecule has 1 aliphatic carbocycles. The van der Waals surface area contributed by atoms with Crippen LogP contribution in [0, 0.1) is 27.9 Å². The first kappa shape index (κ1) is 20.1. The zero-order valence-electron chi connectivity index (χ0n) is 17.0. The van der Waals surface area contributed by atoms with Gasteiger partial charge in [-0.25, -0.2) is 4.79 Å². The molecule has 2 aliphatic rings. The van der Waals surface area contributed by atoms with E-state index in [1.54, 1.807) is 13.0 Å². The topological polar surface area (TPSA) is 76.6 Å². The quantitative estimate of drug-likeness (QED) is 0.415. The SMILES string of the molecule is CC1C#Cc2oc(=O)ccc2C(CCc2ccc(CN3CCCC3)cc2)=C1[N+](=O)[O-]. The second kappa shape index (κ2) is 8.68. The zero-order valence-corrected chi connectivity index (χ0v) is 17.0. The lowest BCUT2D eigenvalue weighted by atomic mass is 9.93. The standard InChI is InChI=1S/C24H24N2O4/c1-17-4-12-22-20(11-13-23(27)30-22)21(24(17)26(28)29)10-9-18-5-7-19(8-6-18)16-25-14-2-3-15-25/h5-8,11,13,17H,2-3,9-10,14-16H2,1H3. The van der Waals surface area contributed by atoms with E-state index < -0.39 is 11.5 Å². The van der Waals surface area contributed by atoms with E-state index in [4.69, 9.17) is 4.42 Å². The summed E-state index contributed by atoms with van der Waals surface area (Å²) in [6, 6.07) is 11.4. The third kappa shape index (κ3) is 4.37. The number of nitro groups is 1. The third-order valence-electron chi connectivity index (χ3n) is 5.77. The molecular formula is C24H24N2O4. The van der Waals surface area contributed by atoms with Crippen LogP contribution in [0.2, 0.25) is 0 Å². The molecule has 0 amide bonds. The van der Waals surface area contributed by atoms with Gasteiger partial charge >= 0.3 is 5.63 Å². The van der Waals surface area contributed by atoms with Gasteiger partial charge in [-0.3, -0.25) is 15.0 Å². The van der Waals surface area contributed by atoms with E-state index in [0.29, 0.717) is 24.0 Å². The lowest BCUT2D eigenvalue weighted by molar-refractivity contribution is -0.430. The van der Waals surface area contributed by atoms with Crippen LogP contribution in [0.5, 0.6) is 0 Å². The van der Waals surface area contributed by atoms with Gasteiger partial charge < -0.3 is 4.42 Å². The molecule has 30 heavy (non-hydrogen) atoms. The van der Waals surface area contributed by atoms with Gasteiger partial charge in [0.2, 0.25) is 0 Å². The molecule has 2 aromatic rings. The number of allylic oxidation sites excluding steroid dienone is 2. The molecule has 1 aromatic carbocycles. The summed E-state index contributed by atoms with van der Waals surface area (Å²) in [7, 11) is 0. The van der Waals surface area contributed by atoms with Crippen molar-refractivity contribution in [1.29, 1.82) is 0 Å². The maximum atomic E-state index is 11.8. The first-order valence-electron chi connectivity index (χ1n) is 10.3. The van der Waals surface area contributed by atoms with Crippen molar-refractivity contribution in [2.75, 3.05) is 13.1 Å². The Kier molecular flexibility index (Phi) is 5.82. The summed E-state index contributed by atoms with van der Waals surface area (Å²) in [5.74, 6) is 5.31. The van der Waals surface area contributed by atoms with E-state index in [2.05, 4.69) is 41.0 Å². The van der Waals surface area contributed by atoms with E-state index in [1.165, 1.54) is 24.5 Å². The summed E-state index contributed by atoms with van der Waals surface area (Å²) < 4.78 is 5.23. The molecule has 154 valence electrons.